The lowest BCUT2D eigenvalue weighted by atomic mass is 10.0. The lowest BCUT2D eigenvalue weighted by molar-refractivity contribution is -0.120. The van der Waals surface area contributed by atoms with E-state index in [4.69, 9.17) is 19.9 Å². The normalized spacial score (nSPS) is 12.0. The van der Waals surface area contributed by atoms with Gasteiger partial charge in [0.1, 0.15) is 11.2 Å². The van der Waals surface area contributed by atoms with E-state index in [0.29, 0.717) is 28.6 Å². The molecule has 2 atom stereocenters. The Morgan fingerprint density at radius 2 is 1.33 bits per heavy atom. The number of amides is 2. The van der Waals surface area contributed by atoms with E-state index in [9.17, 15) is 14.4 Å². The number of methoxy groups -OCH3 is 1. The number of Topliss-reactive ketones (excluding diaryl/α,β-unsaturated/α-hetero) is 1. The smallest absolute Gasteiger partial charge is 0.408 e. The van der Waals surface area contributed by atoms with E-state index < -0.39 is 29.4 Å². The molecule has 5 rings (SSSR count). The van der Waals surface area contributed by atoms with Crippen molar-refractivity contribution in [2.45, 2.75) is 85.1 Å². The number of nitrogens with one attached hydrogen (secondary N) is 2. The van der Waals surface area contributed by atoms with Gasteiger partial charge in [0.2, 0.25) is 0 Å². The highest BCUT2D eigenvalue weighted by molar-refractivity contribution is 5.88. The molecule has 14 heteroatoms. The molecule has 0 spiro atoms. The van der Waals surface area contributed by atoms with Crippen molar-refractivity contribution in [1.29, 1.82) is 0 Å². The van der Waals surface area contributed by atoms with Gasteiger partial charge in [0.15, 0.2) is 23.0 Å². The number of ether oxygens (including phenoxy) is 3. The maximum Gasteiger partial charge on any atom is 0.408 e. The summed E-state index contributed by atoms with van der Waals surface area (Å²) >= 11 is 0. The molecule has 54 heavy (non-hydrogen) atoms. The fraction of sp³-hybridized carbons (Fsp3) is 0.350. The van der Waals surface area contributed by atoms with Gasteiger partial charge in [-0.25, -0.2) is 24.5 Å². The number of carbonyl (C=O) groups excluding carboxylic acids is 3. The van der Waals surface area contributed by atoms with E-state index in [-0.39, 0.29) is 18.2 Å². The summed E-state index contributed by atoms with van der Waals surface area (Å²) in [7, 11) is 1.56. The van der Waals surface area contributed by atoms with E-state index in [1.807, 2.05) is 70.2 Å². The van der Waals surface area contributed by atoms with Gasteiger partial charge < -0.3 is 30.6 Å². The number of nitrogens with zero attached hydrogens (tertiary/aromatic N) is 5. The highest BCUT2D eigenvalue weighted by Crippen LogP contribution is 2.28. The second-order valence-corrected chi connectivity index (χ2v) is 14.0. The first-order chi connectivity index (χ1) is 25.5. The van der Waals surface area contributed by atoms with Crippen molar-refractivity contribution in [3.05, 3.63) is 103 Å². The molecule has 0 aliphatic carbocycles. The number of carbonyl (C=O) groups is 3. The fourth-order valence-corrected chi connectivity index (χ4v) is 4.60. The molecule has 5 aromatic rings. The zero-order valence-corrected chi connectivity index (χ0v) is 32.3. The number of hydrogen-bond acceptors (Lipinski definition) is 12. The van der Waals surface area contributed by atoms with Crippen LogP contribution >= 0.6 is 0 Å². The monoisotopic (exact) mass is 738 g/mol. The van der Waals surface area contributed by atoms with Crippen LogP contribution in [0.5, 0.6) is 5.75 Å². The van der Waals surface area contributed by atoms with Crippen LogP contribution in [-0.4, -0.2) is 67.2 Å². The molecule has 0 saturated heterocycles. The largest absolute Gasteiger partial charge is 0.493 e. The highest BCUT2D eigenvalue weighted by Gasteiger charge is 2.23. The van der Waals surface area contributed by atoms with E-state index in [0.717, 1.165) is 16.6 Å². The molecule has 0 radical (unpaired) electrons. The molecule has 0 saturated carbocycles. The summed E-state index contributed by atoms with van der Waals surface area (Å²) < 4.78 is 15.3. The molecule has 0 bridgehead atoms. The molecule has 0 aliphatic rings. The minimum atomic E-state index is -0.600. The summed E-state index contributed by atoms with van der Waals surface area (Å²) in [6, 6.07) is 19.5. The van der Waals surface area contributed by atoms with Crippen molar-refractivity contribution in [3.8, 4) is 17.0 Å². The summed E-state index contributed by atoms with van der Waals surface area (Å²) in [5.41, 5.74) is 7.91. The number of ketones is 1. The number of nitrogen functional groups attached to an aromatic ring is 1. The van der Waals surface area contributed by atoms with Gasteiger partial charge in [-0.15, -0.1) is 0 Å². The van der Waals surface area contributed by atoms with Crippen LogP contribution in [0.25, 0.3) is 22.3 Å². The average Bonchev–Trinajstić information content (AvgIpc) is 3.11. The van der Waals surface area contributed by atoms with Crippen LogP contribution in [0.1, 0.15) is 72.8 Å². The maximum absolute atomic E-state index is 12.2. The molecule has 0 aliphatic heterocycles. The van der Waals surface area contributed by atoms with Crippen LogP contribution in [-0.2, 0) is 20.7 Å². The number of rotatable bonds is 8. The third-order valence-electron chi connectivity index (χ3n) is 7.02. The summed E-state index contributed by atoms with van der Waals surface area (Å²) in [4.78, 5) is 56.9. The standard InChI is InChI=1S/C20H22N4O2.C14H20N2O3.C6H8N2O/c1-13(23-19(25)26-20(2,3)4)17-15(16-9-5-6-10-21-16)12-14-8-7-11-22-18(14)24-17;1-10(16-13(18)19-14(2,3)4)12(17)9-11-7-5-6-8-15-11;1-9-5-3-2-4-8-6(5)7/h5-13H,1-4H3,(H,23,25);5-8,10H,9H2,1-4H3,(H,16,18);2-4H,1H3,(H2,7,8). The van der Waals surface area contributed by atoms with Crippen LogP contribution in [0.3, 0.4) is 0 Å². The molecule has 2 unspecified atom stereocenters. The molecule has 2 amide bonds. The minimum absolute atomic E-state index is 0.107. The first kappa shape index (κ1) is 42.2. The number of hydrogen-bond donors (Lipinski definition) is 3. The van der Waals surface area contributed by atoms with Crippen LogP contribution in [0.2, 0.25) is 0 Å². The number of aromatic nitrogens is 5. The first-order valence-electron chi connectivity index (χ1n) is 17.3. The van der Waals surface area contributed by atoms with E-state index in [2.05, 4.69) is 35.6 Å². The van der Waals surface area contributed by atoms with Crippen molar-refractivity contribution in [2.24, 2.45) is 0 Å². The summed E-state index contributed by atoms with van der Waals surface area (Å²) in [5, 5.41) is 6.28. The predicted octanol–water partition coefficient (Wildman–Crippen LogP) is 7.06. The van der Waals surface area contributed by atoms with Gasteiger partial charge in [0.05, 0.1) is 37.0 Å². The Bertz CT molecular complexity index is 1970. The summed E-state index contributed by atoms with van der Waals surface area (Å²) in [5.74, 6) is 0.946. The number of alkyl carbamates (subject to hydrolysis) is 2. The molecule has 0 aromatic carbocycles. The van der Waals surface area contributed by atoms with Gasteiger partial charge in [-0.1, -0.05) is 12.1 Å². The number of anilines is 1. The van der Waals surface area contributed by atoms with Gasteiger partial charge in [0.25, 0.3) is 0 Å². The number of nitrogens with two attached hydrogens (primary N) is 1. The fourth-order valence-electron chi connectivity index (χ4n) is 4.60. The van der Waals surface area contributed by atoms with E-state index >= 15 is 0 Å². The van der Waals surface area contributed by atoms with Crippen molar-refractivity contribution in [1.82, 2.24) is 35.6 Å². The lowest BCUT2D eigenvalue weighted by Gasteiger charge is -2.22. The molecule has 5 aromatic heterocycles. The van der Waals surface area contributed by atoms with Crippen molar-refractivity contribution < 1.29 is 28.6 Å². The van der Waals surface area contributed by atoms with Crippen molar-refractivity contribution >= 4 is 34.8 Å². The van der Waals surface area contributed by atoms with Crippen LogP contribution < -0.4 is 21.1 Å². The molecule has 5 heterocycles. The van der Waals surface area contributed by atoms with Gasteiger partial charge in [0, 0.05) is 41.4 Å². The topological polar surface area (TPSA) is 193 Å². The summed E-state index contributed by atoms with van der Waals surface area (Å²) in [6.07, 6.45) is 5.81. The molecule has 286 valence electrons. The highest BCUT2D eigenvalue weighted by atomic mass is 16.6. The Morgan fingerprint density at radius 1 is 0.741 bits per heavy atom. The van der Waals surface area contributed by atoms with Crippen molar-refractivity contribution in [2.75, 3.05) is 12.8 Å². The zero-order valence-electron chi connectivity index (χ0n) is 32.3. The second kappa shape index (κ2) is 19.6. The SMILES string of the molecule is CC(NC(=O)OC(C)(C)C)C(=O)Cc1ccccn1.CC(NC(=O)OC(C)(C)C)c1nc2ncccc2cc1-c1ccccn1.COc1cccnc1N. The van der Waals surface area contributed by atoms with Gasteiger partial charge in [-0.2, -0.15) is 0 Å². The molecular weight excluding hydrogens is 688 g/mol. The Labute approximate surface area is 316 Å². The van der Waals surface area contributed by atoms with Gasteiger partial charge >= 0.3 is 12.2 Å². The van der Waals surface area contributed by atoms with E-state index in [1.165, 1.54) is 0 Å². The maximum atomic E-state index is 12.2. The van der Waals surface area contributed by atoms with Crippen LogP contribution in [0.15, 0.2) is 91.5 Å². The van der Waals surface area contributed by atoms with Gasteiger partial charge in [-0.05, 0) is 110 Å². The minimum Gasteiger partial charge on any atom is -0.493 e. The molecule has 4 N–H and O–H groups in total. The lowest BCUT2D eigenvalue weighted by Crippen LogP contribution is -2.42. The number of fused-ring (bicyclic) bond motifs is 1. The third kappa shape index (κ3) is 14.4. The summed E-state index contributed by atoms with van der Waals surface area (Å²) in [6.45, 7) is 14.3. The Morgan fingerprint density at radius 3 is 1.89 bits per heavy atom. The van der Waals surface area contributed by atoms with Crippen molar-refractivity contribution in [3.63, 3.8) is 0 Å². The molecule has 0 fully saturated rings. The zero-order chi connectivity index (χ0) is 39.9. The third-order valence-corrected chi connectivity index (χ3v) is 7.02. The average molecular weight is 739 g/mol. The van der Waals surface area contributed by atoms with E-state index in [1.54, 1.807) is 83.9 Å². The van der Waals surface area contributed by atoms with Gasteiger partial charge in [-0.3, -0.25) is 14.8 Å². The Hall–Kier alpha value is -6.18. The quantitative estimate of drug-likeness (QED) is 0.147. The van der Waals surface area contributed by atoms with Crippen LogP contribution in [0.4, 0.5) is 15.4 Å². The number of pyridine rings is 5. The Balaban J connectivity index is 0.000000244. The van der Waals surface area contributed by atoms with Crippen LogP contribution in [0, 0.1) is 0 Å². The second-order valence-electron chi connectivity index (χ2n) is 14.0. The first-order valence-corrected chi connectivity index (χ1v) is 17.3. The molecule has 14 nitrogen and oxygen atoms in total. The Kier molecular flexibility index (Phi) is 15.3. The molecular formula is C40H50N8O6. The predicted molar refractivity (Wildman–Crippen MR) is 208 cm³/mol.